The summed E-state index contributed by atoms with van der Waals surface area (Å²) in [6.07, 6.45) is 1.90. The van der Waals surface area contributed by atoms with Gasteiger partial charge in [0.15, 0.2) is 0 Å². The molecule has 0 bridgehead atoms. The average molecular weight is 118 g/mol. The summed E-state index contributed by atoms with van der Waals surface area (Å²) < 4.78 is 0. The Morgan fingerprint density at radius 3 is 2.75 bits per heavy atom. The van der Waals surface area contributed by atoms with E-state index in [9.17, 15) is 0 Å². The summed E-state index contributed by atoms with van der Waals surface area (Å²) in [4.78, 5) is 0. The molecule has 4 N–H and O–H groups in total. The lowest BCUT2D eigenvalue weighted by molar-refractivity contribution is 0.164. The Balaban J connectivity index is 2.72. The van der Waals surface area contributed by atoms with Gasteiger partial charge in [-0.05, 0) is 19.8 Å². The van der Waals surface area contributed by atoms with Gasteiger partial charge < -0.3 is 10.9 Å². The summed E-state index contributed by atoms with van der Waals surface area (Å²) in [6, 6.07) is 0.253. The minimum Gasteiger partial charge on any atom is -0.328 e. The van der Waals surface area contributed by atoms with Crippen LogP contribution in [0.1, 0.15) is 19.8 Å². The molecule has 3 heteroatoms. The molecule has 0 saturated carbocycles. The topological polar surface area (TPSA) is 58.3 Å². The van der Waals surface area contributed by atoms with Crippen molar-refractivity contribution in [2.24, 2.45) is 5.73 Å². The summed E-state index contributed by atoms with van der Waals surface area (Å²) >= 11 is 0. The number of nitrogens with two attached hydrogens (primary N) is 1. The Hall–Kier alpha value is -0.120. The van der Waals surface area contributed by atoms with E-state index in [-0.39, 0.29) is 6.04 Å². The van der Waals surface area contributed by atoms with E-state index in [0.29, 0.717) is 6.54 Å². The molecule has 0 aromatic heterocycles. The van der Waals surface area contributed by atoms with Crippen LogP contribution in [0.4, 0.5) is 0 Å². The quantitative estimate of drug-likeness (QED) is 0.362. The number of nitrogens with one attached hydrogen (secondary N) is 1. The van der Waals surface area contributed by atoms with Gasteiger partial charge in [-0.15, -0.1) is 0 Å². The SMILES string of the molecule is CC(N)CCCNO. The first-order valence-corrected chi connectivity index (χ1v) is 2.90. The molecule has 50 valence electrons. The van der Waals surface area contributed by atoms with Gasteiger partial charge in [0.05, 0.1) is 0 Å². The van der Waals surface area contributed by atoms with Crippen molar-refractivity contribution < 1.29 is 5.21 Å². The standard InChI is InChI=1S/C5H14N2O/c1-5(6)3-2-4-7-8/h5,7-8H,2-4,6H2,1H3. The molecular formula is C5H14N2O. The van der Waals surface area contributed by atoms with E-state index < -0.39 is 0 Å². The molecule has 0 heterocycles. The van der Waals surface area contributed by atoms with E-state index in [2.05, 4.69) is 5.48 Å². The molecule has 0 radical (unpaired) electrons. The molecule has 0 spiro atoms. The summed E-state index contributed by atoms with van der Waals surface area (Å²) in [7, 11) is 0. The van der Waals surface area contributed by atoms with Crippen LogP contribution in [0.5, 0.6) is 0 Å². The summed E-state index contributed by atoms with van der Waals surface area (Å²) in [5.74, 6) is 0. The van der Waals surface area contributed by atoms with Crippen LogP contribution in [-0.2, 0) is 0 Å². The van der Waals surface area contributed by atoms with Gasteiger partial charge in [0.25, 0.3) is 0 Å². The number of hydrogen-bond acceptors (Lipinski definition) is 3. The fourth-order valence-corrected chi connectivity index (χ4v) is 0.503. The van der Waals surface area contributed by atoms with Crippen LogP contribution < -0.4 is 11.2 Å². The maximum atomic E-state index is 8.09. The van der Waals surface area contributed by atoms with Gasteiger partial charge in [-0.25, -0.2) is 5.48 Å². The molecular weight excluding hydrogens is 104 g/mol. The van der Waals surface area contributed by atoms with Crippen LogP contribution in [-0.4, -0.2) is 17.8 Å². The van der Waals surface area contributed by atoms with Crippen molar-refractivity contribution in [3.63, 3.8) is 0 Å². The Bertz CT molecular complexity index is 47.7. The minimum absolute atomic E-state index is 0.253. The molecule has 3 nitrogen and oxygen atoms in total. The van der Waals surface area contributed by atoms with Gasteiger partial charge >= 0.3 is 0 Å². The van der Waals surface area contributed by atoms with E-state index in [1.807, 2.05) is 6.92 Å². The second kappa shape index (κ2) is 5.03. The van der Waals surface area contributed by atoms with Gasteiger partial charge in [-0.1, -0.05) is 0 Å². The van der Waals surface area contributed by atoms with Crippen molar-refractivity contribution in [1.82, 2.24) is 5.48 Å². The van der Waals surface area contributed by atoms with Crippen LogP contribution in [0.3, 0.4) is 0 Å². The minimum atomic E-state index is 0.253. The van der Waals surface area contributed by atoms with Crippen LogP contribution >= 0.6 is 0 Å². The predicted octanol–water partition coefficient (Wildman–Crippen LogP) is 0.0926. The number of hydrogen-bond donors (Lipinski definition) is 3. The molecule has 0 aromatic carbocycles. The molecule has 1 atom stereocenters. The smallest absolute Gasteiger partial charge is 0.0208 e. The molecule has 8 heavy (non-hydrogen) atoms. The molecule has 0 saturated heterocycles. The molecule has 0 aliphatic heterocycles. The first-order chi connectivity index (χ1) is 3.77. The zero-order chi connectivity index (χ0) is 6.41. The zero-order valence-electron chi connectivity index (χ0n) is 5.22. The van der Waals surface area contributed by atoms with Crippen LogP contribution in [0, 0.1) is 0 Å². The Morgan fingerprint density at radius 1 is 1.75 bits per heavy atom. The molecule has 0 aromatic rings. The Labute approximate surface area is 49.8 Å². The van der Waals surface area contributed by atoms with Gasteiger partial charge in [0.2, 0.25) is 0 Å². The highest BCUT2D eigenvalue weighted by Crippen LogP contribution is 1.89. The first kappa shape index (κ1) is 7.88. The van der Waals surface area contributed by atoms with Crippen LogP contribution in [0.2, 0.25) is 0 Å². The van der Waals surface area contributed by atoms with Crippen LogP contribution in [0.25, 0.3) is 0 Å². The molecule has 0 aliphatic rings. The van der Waals surface area contributed by atoms with Crippen molar-refractivity contribution in [1.29, 1.82) is 0 Å². The molecule has 1 unspecified atom stereocenters. The monoisotopic (exact) mass is 118 g/mol. The lowest BCUT2D eigenvalue weighted by Gasteiger charge is -2.01. The third kappa shape index (κ3) is 5.88. The number of hydroxylamine groups is 1. The number of rotatable bonds is 4. The van der Waals surface area contributed by atoms with Gasteiger partial charge in [0.1, 0.15) is 0 Å². The Kier molecular flexibility index (Phi) is 4.95. The second-order valence-electron chi connectivity index (χ2n) is 2.03. The molecule has 0 fully saturated rings. The third-order valence-electron chi connectivity index (χ3n) is 0.948. The van der Waals surface area contributed by atoms with E-state index in [4.69, 9.17) is 10.9 Å². The van der Waals surface area contributed by atoms with E-state index in [1.165, 1.54) is 0 Å². The molecule has 0 amide bonds. The first-order valence-electron chi connectivity index (χ1n) is 2.90. The lowest BCUT2D eigenvalue weighted by atomic mass is 10.2. The predicted molar refractivity (Wildman–Crippen MR) is 32.7 cm³/mol. The van der Waals surface area contributed by atoms with E-state index >= 15 is 0 Å². The highest BCUT2D eigenvalue weighted by Gasteiger charge is 1.90. The van der Waals surface area contributed by atoms with Gasteiger partial charge in [-0.2, -0.15) is 0 Å². The molecule has 0 rings (SSSR count). The van der Waals surface area contributed by atoms with Crippen molar-refractivity contribution in [3.05, 3.63) is 0 Å². The lowest BCUT2D eigenvalue weighted by Crippen LogP contribution is -2.17. The fourth-order valence-electron chi connectivity index (χ4n) is 0.503. The Morgan fingerprint density at radius 2 is 2.38 bits per heavy atom. The largest absolute Gasteiger partial charge is 0.328 e. The normalized spacial score (nSPS) is 13.9. The summed E-state index contributed by atoms with van der Waals surface area (Å²) in [6.45, 7) is 2.60. The molecule has 0 aliphatic carbocycles. The average Bonchev–Trinajstić information content (AvgIpc) is 1.66. The van der Waals surface area contributed by atoms with E-state index in [1.54, 1.807) is 0 Å². The van der Waals surface area contributed by atoms with Crippen molar-refractivity contribution in [2.75, 3.05) is 6.54 Å². The fraction of sp³-hybridized carbons (Fsp3) is 1.00. The van der Waals surface area contributed by atoms with Crippen molar-refractivity contribution in [3.8, 4) is 0 Å². The van der Waals surface area contributed by atoms with Crippen molar-refractivity contribution >= 4 is 0 Å². The third-order valence-corrected chi connectivity index (χ3v) is 0.948. The van der Waals surface area contributed by atoms with Gasteiger partial charge in [-0.3, -0.25) is 0 Å². The maximum absolute atomic E-state index is 8.09. The maximum Gasteiger partial charge on any atom is 0.0208 e. The van der Waals surface area contributed by atoms with Gasteiger partial charge in [0, 0.05) is 12.6 Å². The second-order valence-corrected chi connectivity index (χ2v) is 2.03. The summed E-state index contributed by atoms with van der Waals surface area (Å²) in [5.41, 5.74) is 7.49. The summed E-state index contributed by atoms with van der Waals surface area (Å²) in [5, 5.41) is 8.09. The van der Waals surface area contributed by atoms with E-state index in [0.717, 1.165) is 12.8 Å². The highest BCUT2D eigenvalue weighted by molar-refractivity contribution is 4.52. The van der Waals surface area contributed by atoms with Crippen LogP contribution in [0.15, 0.2) is 0 Å². The van der Waals surface area contributed by atoms with Crippen molar-refractivity contribution in [2.45, 2.75) is 25.8 Å². The highest BCUT2D eigenvalue weighted by atomic mass is 16.5. The zero-order valence-corrected chi connectivity index (χ0v) is 5.22.